The summed E-state index contributed by atoms with van der Waals surface area (Å²) in [5, 5.41) is 11.5. The van der Waals surface area contributed by atoms with Crippen molar-refractivity contribution in [3.63, 3.8) is 0 Å². The van der Waals surface area contributed by atoms with E-state index in [2.05, 4.69) is 9.97 Å². The van der Waals surface area contributed by atoms with Gasteiger partial charge in [0.05, 0.1) is 16.1 Å². The van der Waals surface area contributed by atoms with Gasteiger partial charge < -0.3 is 0 Å². The molecular weight excluding hydrogens is 323 g/mol. The predicted molar refractivity (Wildman–Crippen MR) is 80.4 cm³/mol. The number of benzene rings is 2. The summed E-state index contributed by atoms with van der Waals surface area (Å²) in [6, 6.07) is 12.2. The Balaban J connectivity index is 2.17. The van der Waals surface area contributed by atoms with E-state index in [1.165, 1.54) is 24.3 Å². The van der Waals surface area contributed by atoms with Crippen LogP contribution in [0.1, 0.15) is 17.1 Å². The average molecular weight is 333 g/mol. The zero-order valence-electron chi connectivity index (χ0n) is 12.1. The molecule has 5 nitrogen and oxygen atoms in total. The van der Waals surface area contributed by atoms with Gasteiger partial charge in [0.25, 0.3) is 5.69 Å². The van der Waals surface area contributed by atoms with Gasteiger partial charge in [-0.15, -0.1) is 0 Å². The number of fused-ring (bicyclic) bond motifs is 1. The number of hydrogen-bond acceptors (Lipinski definition) is 4. The van der Waals surface area contributed by atoms with Crippen molar-refractivity contribution in [3.8, 4) is 0 Å². The minimum absolute atomic E-state index is 0.0940. The number of nitro benzene ring substituents is 1. The van der Waals surface area contributed by atoms with Crippen LogP contribution in [0.2, 0.25) is 0 Å². The van der Waals surface area contributed by atoms with Gasteiger partial charge in [0.1, 0.15) is 0 Å². The fourth-order valence-corrected chi connectivity index (χ4v) is 2.42. The highest BCUT2D eigenvalue weighted by Gasteiger charge is 2.35. The third-order valence-electron chi connectivity index (χ3n) is 3.48. The summed E-state index contributed by atoms with van der Waals surface area (Å²) in [7, 11) is 0. The third kappa shape index (κ3) is 3.03. The molecule has 0 radical (unpaired) electrons. The minimum Gasteiger partial charge on any atom is -0.258 e. The Morgan fingerprint density at radius 2 is 1.67 bits per heavy atom. The Bertz CT molecular complexity index is 926. The summed E-state index contributed by atoms with van der Waals surface area (Å²) in [4.78, 5) is 17.7. The highest BCUT2D eigenvalue weighted by Crippen LogP contribution is 2.30. The summed E-state index contributed by atoms with van der Waals surface area (Å²) in [5.74, 6) is -1.25. The van der Waals surface area contributed by atoms with Crippen molar-refractivity contribution in [1.82, 2.24) is 9.97 Å². The highest BCUT2D eigenvalue weighted by molar-refractivity contribution is 5.81. The molecule has 3 aromatic rings. The summed E-state index contributed by atoms with van der Waals surface area (Å²) in [6.07, 6.45) is -4.79. The van der Waals surface area contributed by atoms with Crippen molar-refractivity contribution in [2.45, 2.75) is 12.6 Å². The molecule has 0 bridgehead atoms. The van der Waals surface area contributed by atoms with E-state index in [4.69, 9.17) is 0 Å². The molecule has 1 aromatic heterocycles. The van der Waals surface area contributed by atoms with E-state index in [1.54, 1.807) is 24.3 Å². The van der Waals surface area contributed by atoms with Crippen molar-refractivity contribution in [1.29, 1.82) is 0 Å². The fourth-order valence-electron chi connectivity index (χ4n) is 2.42. The Kier molecular flexibility index (Phi) is 3.88. The lowest BCUT2D eigenvalue weighted by molar-refractivity contribution is -0.385. The number of alkyl halides is 3. The second-order valence-corrected chi connectivity index (χ2v) is 5.07. The second kappa shape index (κ2) is 5.88. The monoisotopic (exact) mass is 333 g/mol. The van der Waals surface area contributed by atoms with Crippen LogP contribution >= 0.6 is 0 Å². The first kappa shape index (κ1) is 15.9. The summed E-state index contributed by atoms with van der Waals surface area (Å²) in [6.45, 7) is 0. The maximum Gasteiger partial charge on any atom is 0.451 e. The smallest absolute Gasteiger partial charge is 0.258 e. The van der Waals surface area contributed by atoms with E-state index in [0.717, 1.165) is 0 Å². The fraction of sp³-hybridized carbons (Fsp3) is 0.125. The minimum atomic E-state index is -4.69. The van der Waals surface area contributed by atoms with Crippen LogP contribution < -0.4 is 0 Å². The first-order chi connectivity index (χ1) is 11.4. The Morgan fingerprint density at radius 3 is 2.38 bits per heavy atom. The Hall–Kier alpha value is -3.03. The maximum atomic E-state index is 13.0. The molecule has 8 heteroatoms. The van der Waals surface area contributed by atoms with Crippen molar-refractivity contribution in [2.75, 3.05) is 0 Å². The molecule has 122 valence electrons. The van der Waals surface area contributed by atoms with Crippen LogP contribution in [-0.2, 0) is 12.6 Å². The van der Waals surface area contributed by atoms with Gasteiger partial charge in [-0.3, -0.25) is 10.1 Å². The molecule has 0 unspecified atom stereocenters. The molecule has 0 aliphatic rings. The van der Waals surface area contributed by atoms with Gasteiger partial charge in [-0.1, -0.05) is 36.4 Å². The molecule has 0 N–H and O–H groups in total. The lowest BCUT2D eigenvalue weighted by Crippen LogP contribution is -2.13. The normalized spacial score (nSPS) is 11.6. The molecule has 0 spiro atoms. The van der Waals surface area contributed by atoms with Gasteiger partial charge in [0.15, 0.2) is 0 Å². The molecule has 24 heavy (non-hydrogen) atoms. The number of nitro groups is 1. The van der Waals surface area contributed by atoms with Crippen LogP contribution in [0.3, 0.4) is 0 Å². The van der Waals surface area contributed by atoms with E-state index >= 15 is 0 Å². The molecule has 0 amide bonds. The van der Waals surface area contributed by atoms with Gasteiger partial charge >= 0.3 is 6.18 Å². The van der Waals surface area contributed by atoms with Crippen molar-refractivity contribution >= 4 is 16.6 Å². The summed E-state index contributed by atoms with van der Waals surface area (Å²) < 4.78 is 39.0. The molecule has 0 fully saturated rings. The quantitative estimate of drug-likeness (QED) is 0.533. The number of nitrogens with zero attached hydrogens (tertiary/aromatic N) is 3. The van der Waals surface area contributed by atoms with Crippen molar-refractivity contribution < 1.29 is 18.1 Å². The first-order valence-electron chi connectivity index (χ1n) is 6.91. The molecule has 0 atom stereocenters. The molecule has 0 aliphatic carbocycles. The zero-order chi connectivity index (χ0) is 17.3. The van der Waals surface area contributed by atoms with E-state index in [1.807, 2.05) is 0 Å². The van der Waals surface area contributed by atoms with E-state index < -0.39 is 16.9 Å². The largest absolute Gasteiger partial charge is 0.451 e. The van der Waals surface area contributed by atoms with Gasteiger partial charge in [-0.2, -0.15) is 13.2 Å². The van der Waals surface area contributed by atoms with Crippen LogP contribution in [0.25, 0.3) is 10.9 Å². The molecule has 0 saturated heterocycles. The number of rotatable bonds is 3. The molecular formula is C16H10F3N3O2. The van der Waals surface area contributed by atoms with Gasteiger partial charge in [-0.05, 0) is 6.07 Å². The van der Waals surface area contributed by atoms with Crippen molar-refractivity contribution in [2.24, 2.45) is 0 Å². The lowest BCUT2D eigenvalue weighted by atomic mass is 10.0. The number of hydrogen-bond donors (Lipinski definition) is 0. The summed E-state index contributed by atoms with van der Waals surface area (Å²) in [5.41, 5.74) is 0.379. The van der Waals surface area contributed by atoms with Crippen LogP contribution in [0.5, 0.6) is 0 Å². The Labute approximate surface area is 133 Å². The first-order valence-corrected chi connectivity index (χ1v) is 6.91. The SMILES string of the molecule is O=[N+]([O-])c1ccccc1Cc1nc(C(F)(F)F)nc2ccccc12. The lowest BCUT2D eigenvalue weighted by Gasteiger charge is -2.11. The van der Waals surface area contributed by atoms with E-state index in [-0.39, 0.29) is 23.3 Å². The molecule has 0 saturated carbocycles. The van der Waals surface area contributed by atoms with Crippen molar-refractivity contribution in [3.05, 3.63) is 75.7 Å². The van der Waals surface area contributed by atoms with Crippen LogP contribution in [0.4, 0.5) is 18.9 Å². The Morgan fingerprint density at radius 1 is 1.00 bits per heavy atom. The van der Waals surface area contributed by atoms with E-state index in [0.29, 0.717) is 10.9 Å². The predicted octanol–water partition coefficient (Wildman–Crippen LogP) is 4.15. The number of para-hydroxylation sites is 2. The van der Waals surface area contributed by atoms with E-state index in [9.17, 15) is 23.3 Å². The number of aromatic nitrogens is 2. The third-order valence-corrected chi connectivity index (χ3v) is 3.48. The zero-order valence-corrected chi connectivity index (χ0v) is 12.1. The molecule has 0 aliphatic heterocycles. The van der Waals surface area contributed by atoms with Gasteiger partial charge in [0.2, 0.25) is 5.82 Å². The van der Waals surface area contributed by atoms with Crippen LogP contribution in [-0.4, -0.2) is 14.9 Å². The van der Waals surface area contributed by atoms with Crippen LogP contribution in [0.15, 0.2) is 48.5 Å². The van der Waals surface area contributed by atoms with Gasteiger partial charge in [-0.25, -0.2) is 9.97 Å². The topological polar surface area (TPSA) is 68.9 Å². The molecule has 3 rings (SSSR count). The average Bonchev–Trinajstić information content (AvgIpc) is 2.54. The second-order valence-electron chi connectivity index (χ2n) is 5.07. The number of halogens is 3. The summed E-state index contributed by atoms with van der Waals surface area (Å²) >= 11 is 0. The van der Waals surface area contributed by atoms with Gasteiger partial charge in [0, 0.05) is 23.4 Å². The maximum absolute atomic E-state index is 13.0. The van der Waals surface area contributed by atoms with Crippen LogP contribution in [0, 0.1) is 10.1 Å². The molecule has 1 heterocycles. The molecule has 2 aromatic carbocycles. The highest BCUT2D eigenvalue weighted by atomic mass is 19.4. The standard InChI is InChI=1S/C16H10F3N3O2/c17-16(18,19)15-20-12-7-3-2-6-11(12)13(21-15)9-10-5-1-4-8-14(10)22(23)24/h1-8H,9H2.